The third-order valence-electron chi connectivity index (χ3n) is 4.74. The van der Waals surface area contributed by atoms with Crippen LogP contribution in [0, 0.1) is 5.82 Å². The Balaban J connectivity index is 0.00000320. The predicted octanol–water partition coefficient (Wildman–Crippen LogP) is 4.60. The van der Waals surface area contributed by atoms with E-state index in [9.17, 15) is 4.39 Å². The second kappa shape index (κ2) is 12.7. The molecule has 1 N–H and O–H groups in total. The Morgan fingerprint density at radius 3 is 2.73 bits per heavy atom. The first-order valence-corrected chi connectivity index (χ1v) is 10.2. The van der Waals surface area contributed by atoms with E-state index in [1.54, 1.807) is 18.3 Å². The molecular weight excluding hydrogens is 498 g/mol. The van der Waals surface area contributed by atoms with Crippen LogP contribution >= 0.6 is 24.0 Å². The number of nitrogens with zero attached hydrogens (tertiary/aromatic N) is 3. The van der Waals surface area contributed by atoms with Crippen LogP contribution in [0.4, 0.5) is 4.39 Å². The molecule has 3 rings (SSSR count). The van der Waals surface area contributed by atoms with E-state index >= 15 is 0 Å². The second-order valence-corrected chi connectivity index (χ2v) is 6.84. The highest BCUT2D eigenvalue weighted by Gasteiger charge is 2.21. The Morgan fingerprint density at radius 1 is 1.23 bits per heavy atom. The number of pyridine rings is 1. The molecule has 6 nitrogen and oxygen atoms in total. The van der Waals surface area contributed by atoms with Crippen LogP contribution < -0.4 is 10.1 Å². The molecule has 2 aromatic rings. The zero-order valence-electron chi connectivity index (χ0n) is 17.5. The third kappa shape index (κ3) is 7.09. The van der Waals surface area contributed by atoms with E-state index in [0.29, 0.717) is 24.3 Å². The highest BCUT2D eigenvalue weighted by molar-refractivity contribution is 14.0. The molecule has 8 heteroatoms. The van der Waals surface area contributed by atoms with Gasteiger partial charge in [0.2, 0.25) is 5.88 Å². The maximum atomic E-state index is 13.4. The number of benzene rings is 1. The van der Waals surface area contributed by atoms with Crippen LogP contribution in [-0.2, 0) is 11.3 Å². The lowest BCUT2D eigenvalue weighted by atomic mass is 10.1. The number of rotatable bonds is 7. The molecule has 1 aliphatic heterocycles. The fraction of sp³-hybridized carbons (Fsp3) is 0.455. The SMILES string of the molecule is CCNC(=NCc1cccnc1Oc1cccc(F)c1)N1CCC(OCC)CC1.I. The lowest BCUT2D eigenvalue weighted by Gasteiger charge is -2.34. The second-order valence-electron chi connectivity index (χ2n) is 6.84. The van der Waals surface area contributed by atoms with E-state index in [-0.39, 0.29) is 29.8 Å². The zero-order chi connectivity index (χ0) is 20.5. The van der Waals surface area contributed by atoms with E-state index in [2.05, 4.69) is 22.1 Å². The third-order valence-corrected chi connectivity index (χ3v) is 4.74. The van der Waals surface area contributed by atoms with Crippen LogP contribution in [0.5, 0.6) is 11.6 Å². The molecule has 0 unspecified atom stereocenters. The zero-order valence-corrected chi connectivity index (χ0v) is 19.8. The van der Waals surface area contributed by atoms with Crippen LogP contribution in [0.1, 0.15) is 32.3 Å². The van der Waals surface area contributed by atoms with Crippen LogP contribution in [0.25, 0.3) is 0 Å². The molecule has 0 bridgehead atoms. The normalized spacial score (nSPS) is 14.9. The smallest absolute Gasteiger partial charge is 0.224 e. The van der Waals surface area contributed by atoms with Crippen molar-refractivity contribution in [3.8, 4) is 11.6 Å². The van der Waals surface area contributed by atoms with Gasteiger partial charge in [-0.25, -0.2) is 14.4 Å². The largest absolute Gasteiger partial charge is 0.439 e. The van der Waals surface area contributed by atoms with Crippen LogP contribution in [0.3, 0.4) is 0 Å². The van der Waals surface area contributed by atoms with E-state index in [0.717, 1.165) is 50.6 Å². The Morgan fingerprint density at radius 2 is 2.03 bits per heavy atom. The molecule has 0 aliphatic carbocycles. The highest BCUT2D eigenvalue weighted by atomic mass is 127. The van der Waals surface area contributed by atoms with Crippen molar-refractivity contribution < 1.29 is 13.9 Å². The number of guanidine groups is 1. The van der Waals surface area contributed by atoms with Gasteiger partial charge in [-0.2, -0.15) is 0 Å². The molecule has 0 radical (unpaired) electrons. The molecular formula is C22H30FIN4O2. The number of likely N-dealkylation sites (tertiary alicyclic amines) is 1. The van der Waals surface area contributed by atoms with E-state index in [1.165, 1.54) is 12.1 Å². The number of ether oxygens (including phenoxy) is 2. The van der Waals surface area contributed by atoms with Gasteiger partial charge in [0.05, 0.1) is 12.6 Å². The van der Waals surface area contributed by atoms with Gasteiger partial charge < -0.3 is 19.7 Å². The Hall–Kier alpha value is -1.94. The van der Waals surface area contributed by atoms with E-state index < -0.39 is 0 Å². The van der Waals surface area contributed by atoms with Crippen molar-refractivity contribution in [2.24, 2.45) is 4.99 Å². The lowest BCUT2D eigenvalue weighted by Crippen LogP contribution is -2.47. The molecule has 1 aromatic heterocycles. The molecule has 0 spiro atoms. The quantitative estimate of drug-likeness (QED) is 0.324. The van der Waals surface area contributed by atoms with Crippen molar-refractivity contribution in [2.75, 3.05) is 26.2 Å². The van der Waals surface area contributed by atoms with Gasteiger partial charge in [-0.3, -0.25) is 0 Å². The van der Waals surface area contributed by atoms with Crippen molar-refractivity contribution in [3.63, 3.8) is 0 Å². The molecule has 2 heterocycles. The Bertz CT molecular complexity index is 813. The fourth-order valence-electron chi connectivity index (χ4n) is 3.33. The summed E-state index contributed by atoms with van der Waals surface area (Å²) in [5.41, 5.74) is 0.844. The first-order valence-electron chi connectivity index (χ1n) is 10.2. The van der Waals surface area contributed by atoms with Crippen LogP contribution in [0.15, 0.2) is 47.6 Å². The van der Waals surface area contributed by atoms with Gasteiger partial charge in [-0.1, -0.05) is 12.1 Å². The Kier molecular flexibility index (Phi) is 10.3. The van der Waals surface area contributed by atoms with Gasteiger partial charge in [0.15, 0.2) is 5.96 Å². The summed E-state index contributed by atoms with van der Waals surface area (Å²) in [4.78, 5) is 11.4. The van der Waals surface area contributed by atoms with Crippen molar-refractivity contribution in [3.05, 3.63) is 54.0 Å². The summed E-state index contributed by atoms with van der Waals surface area (Å²) in [5.74, 6) is 1.39. The van der Waals surface area contributed by atoms with Gasteiger partial charge in [0.1, 0.15) is 11.6 Å². The molecule has 1 aromatic carbocycles. The molecule has 30 heavy (non-hydrogen) atoms. The summed E-state index contributed by atoms with van der Waals surface area (Å²) in [7, 11) is 0. The number of aliphatic imine (C=N–C) groups is 1. The minimum Gasteiger partial charge on any atom is -0.439 e. The molecule has 1 saturated heterocycles. The van der Waals surface area contributed by atoms with Crippen molar-refractivity contribution >= 4 is 29.9 Å². The summed E-state index contributed by atoms with van der Waals surface area (Å²) < 4.78 is 25.0. The van der Waals surface area contributed by atoms with Crippen LogP contribution in [-0.4, -0.2) is 48.2 Å². The molecule has 164 valence electrons. The monoisotopic (exact) mass is 528 g/mol. The predicted molar refractivity (Wildman–Crippen MR) is 127 cm³/mol. The molecule has 0 atom stereocenters. The average Bonchev–Trinajstić information content (AvgIpc) is 2.73. The minimum absolute atomic E-state index is 0. The van der Waals surface area contributed by atoms with Gasteiger partial charge in [0, 0.05) is 44.1 Å². The number of halogens is 2. The summed E-state index contributed by atoms with van der Waals surface area (Å²) in [6.07, 6.45) is 3.99. The molecule has 0 amide bonds. The Labute approximate surface area is 194 Å². The van der Waals surface area contributed by atoms with Gasteiger partial charge in [0.25, 0.3) is 0 Å². The fourth-order valence-corrected chi connectivity index (χ4v) is 3.33. The number of hydrogen-bond acceptors (Lipinski definition) is 4. The number of hydrogen-bond donors (Lipinski definition) is 1. The van der Waals surface area contributed by atoms with Crippen molar-refractivity contribution in [2.45, 2.75) is 39.3 Å². The average molecular weight is 528 g/mol. The summed E-state index contributed by atoms with van der Waals surface area (Å²) in [5, 5.41) is 3.37. The summed E-state index contributed by atoms with van der Waals surface area (Å²) >= 11 is 0. The molecule has 0 saturated carbocycles. The van der Waals surface area contributed by atoms with Gasteiger partial charge >= 0.3 is 0 Å². The molecule has 1 fully saturated rings. The van der Waals surface area contributed by atoms with Gasteiger partial charge in [-0.05, 0) is 44.9 Å². The summed E-state index contributed by atoms with van der Waals surface area (Å²) in [6, 6.07) is 9.82. The first kappa shape index (κ1) is 24.3. The van der Waals surface area contributed by atoms with E-state index in [1.807, 2.05) is 19.1 Å². The van der Waals surface area contributed by atoms with E-state index in [4.69, 9.17) is 14.5 Å². The summed E-state index contributed by atoms with van der Waals surface area (Å²) in [6.45, 7) is 7.90. The number of piperidine rings is 1. The first-order chi connectivity index (χ1) is 14.2. The standard InChI is InChI=1S/C22H29FN4O2.HI/c1-3-24-22(27-13-10-19(11-14-27)28-4-2)26-16-17-7-6-12-25-21(17)29-20-9-5-8-18(23)15-20;/h5-9,12,15,19H,3-4,10-11,13-14,16H2,1-2H3,(H,24,26);1H. The number of nitrogens with one attached hydrogen (secondary N) is 1. The maximum Gasteiger partial charge on any atom is 0.224 e. The highest BCUT2D eigenvalue weighted by Crippen LogP contribution is 2.24. The van der Waals surface area contributed by atoms with Gasteiger partial charge in [-0.15, -0.1) is 24.0 Å². The van der Waals surface area contributed by atoms with Crippen molar-refractivity contribution in [1.82, 2.24) is 15.2 Å². The molecule has 1 aliphatic rings. The van der Waals surface area contributed by atoms with Crippen molar-refractivity contribution in [1.29, 1.82) is 0 Å². The number of aromatic nitrogens is 1. The minimum atomic E-state index is -0.345. The topological polar surface area (TPSA) is 59.0 Å². The lowest BCUT2D eigenvalue weighted by molar-refractivity contribution is 0.0263. The maximum absolute atomic E-state index is 13.4. The van der Waals surface area contributed by atoms with Crippen LogP contribution in [0.2, 0.25) is 0 Å².